The van der Waals surface area contributed by atoms with Crippen molar-refractivity contribution in [3.8, 4) is 17.1 Å². The van der Waals surface area contributed by atoms with Gasteiger partial charge >= 0.3 is 0 Å². The van der Waals surface area contributed by atoms with E-state index < -0.39 is 15.1 Å². The lowest BCUT2D eigenvalue weighted by molar-refractivity contribution is -0.759. The van der Waals surface area contributed by atoms with Crippen molar-refractivity contribution in [2.75, 3.05) is 26.3 Å². The van der Waals surface area contributed by atoms with Crippen LogP contribution in [0.5, 0.6) is 5.75 Å². The highest BCUT2D eigenvalue weighted by atomic mass is 32.2. The Kier molecular flexibility index (Phi) is 9.08. The van der Waals surface area contributed by atoms with E-state index in [2.05, 4.69) is 19.9 Å². The average Bonchev–Trinajstić information content (AvgIpc) is 3.23. The molecule has 0 amide bonds. The van der Waals surface area contributed by atoms with Gasteiger partial charge in [0.25, 0.3) is 10.6 Å². The Morgan fingerprint density at radius 3 is 2.62 bits per heavy atom. The van der Waals surface area contributed by atoms with Crippen molar-refractivity contribution in [1.29, 1.82) is 0 Å². The number of imidazole rings is 1. The van der Waals surface area contributed by atoms with Crippen molar-refractivity contribution in [2.45, 2.75) is 64.7 Å². The molecule has 4 rings (SSSR count). The highest BCUT2D eigenvalue weighted by molar-refractivity contribution is 7.89. The zero-order valence-corrected chi connectivity index (χ0v) is 24.1. The Hall–Kier alpha value is -3.52. The molecular formula is C26H36N6O7S. The van der Waals surface area contributed by atoms with Gasteiger partial charge in [0.1, 0.15) is 11.6 Å². The molecular weight excluding hydrogens is 540 g/mol. The van der Waals surface area contributed by atoms with E-state index in [1.54, 1.807) is 13.0 Å². The second-order valence-electron chi connectivity index (χ2n) is 10.2. The summed E-state index contributed by atoms with van der Waals surface area (Å²) in [7, 11) is -3.84. The van der Waals surface area contributed by atoms with E-state index in [1.807, 2.05) is 20.8 Å². The molecule has 2 aromatic heterocycles. The van der Waals surface area contributed by atoms with Crippen LogP contribution < -0.4 is 10.3 Å². The molecule has 1 aromatic carbocycles. The normalized spacial score (nSPS) is 15.8. The minimum absolute atomic E-state index is 0.00338. The number of piperidine rings is 1. The van der Waals surface area contributed by atoms with Crippen molar-refractivity contribution in [3.63, 3.8) is 0 Å². The van der Waals surface area contributed by atoms with Gasteiger partial charge in [0, 0.05) is 19.5 Å². The van der Waals surface area contributed by atoms with E-state index in [9.17, 15) is 23.3 Å². The Bertz CT molecular complexity index is 1530. The number of ether oxygens (including phenoxy) is 1. The Morgan fingerprint density at radius 2 is 1.98 bits per heavy atom. The van der Waals surface area contributed by atoms with Crippen molar-refractivity contribution < 1.29 is 23.1 Å². The number of H-pyrrole nitrogens is 1. The first-order valence-corrected chi connectivity index (χ1v) is 15.0. The number of nitrogens with zero attached hydrogens (tertiary/aromatic N) is 5. The van der Waals surface area contributed by atoms with E-state index in [-0.39, 0.29) is 34.7 Å². The summed E-state index contributed by atoms with van der Waals surface area (Å²) in [4.78, 5) is 35.3. The molecule has 1 fully saturated rings. The van der Waals surface area contributed by atoms with Crippen molar-refractivity contribution in [1.82, 2.24) is 23.9 Å². The topological polar surface area (TPSA) is 162 Å². The Balaban J connectivity index is 1.61. The minimum atomic E-state index is -3.84. The standard InChI is InChI=1S/C26H36N6O7S/c1-5-7-23-27-18(4)24-26(33)28-25(29-31(23)24)21-15-20(8-9-22(21)38-6-2)40(36,37)30-12-10-19(11-13-30)14-17(3)16-39-32(34)35/h8-9,15,17,19H,5-7,10-14,16H2,1-4H3,(H,28,29,33). The first-order chi connectivity index (χ1) is 19.0. The van der Waals surface area contributed by atoms with Crippen LogP contribution in [-0.2, 0) is 21.3 Å². The second kappa shape index (κ2) is 12.3. The average molecular weight is 577 g/mol. The number of aromatic amines is 1. The van der Waals surface area contributed by atoms with Gasteiger partial charge in [0.2, 0.25) is 10.0 Å². The molecule has 3 aromatic rings. The molecule has 3 heterocycles. The van der Waals surface area contributed by atoms with E-state index in [4.69, 9.17) is 4.74 Å². The molecule has 1 saturated heterocycles. The highest BCUT2D eigenvalue weighted by Gasteiger charge is 2.31. The van der Waals surface area contributed by atoms with Gasteiger partial charge in [-0.05, 0) is 69.6 Å². The molecule has 13 nitrogen and oxygen atoms in total. The molecule has 1 aliphatic rings. The fourth-order valence-electron chi connectivity index (χ4n) is 5.24. The third-order valence-corrected chi connectivity index (χ3v) is 9.03. The van der Waals surface area contributed by atoms with Crippen LogP contribution in [0, 0.1) is 28.9 Å². The summed E-state index contributed by atoms with van der Waals surface area (Å²) in [6.07, 6.45) is 3.48. The first-order valence-electron chi connectivity index (χ1n) is 13.6. The molecule has 1 atom stereocenters. The summed E-state index contributed by atoms with van der Waals surface area (Å²) >= 11 is 0. The summed E-state index contributed by atoms with van der Waals surface area (Å²) in [6.45, 7) is 8.54. The number of aryl methyl sites for hydroxylation is 2. The van der Waals surface area contributed by atoms with Crippen LogP contribution in [0.1, 0.15) is 58.0 Å². The molecule has 1 N–H and O–H groups in total. The number of hydrogen-bond donors (Lipinski definition) is 1. The third kappa shape index (κ3) is 6.28. The third-order valence-electron chi connectivity index (χ3n) is 7.13. The van der Waals surface area contributed by atoms with Crippen molar-refractivity contribution in [2.24, 2.45) is 11.8 Å². The maximum absolute atomic E-state index is 13.7. The number of hydrogen-bond acceptors (Lipinski definition) is 9. The number of sulfonamides is 1. The van der Waals surface area contributed by atoms with Crippen LogP contribution in [0.3, 0.4) is 0 Å². The summed E-state index contributed by atoms with van der Waals surface area (Å²) < 4.78 is 36.1. The zero-order chi connectivity index (χ0) is 29.0. The lowest BCUT2D eigenvalue weighted by atomic mass is 9.89. The molecule has 0 bridgehead atoms. The van der Waals surface area contributed by atoms with Crippen LogP contribution in [0.2, 0.25) is 0 Å². The van der Waals surface area contributed by atoms with Gasteiger partial charge in [-0.1, -0.05) is 13.8 Å². The van der Waals surface area contributed by atoms with Crippen LogP contribution >= 0.6 is 0 Å². The predicted octanol–water partition coefficient (Wildman–Crippen LogP) is 3.38. The molecule has 40 heavy (non-hydrogen) atoms. The van der Waals surface area contributed by atoms with Gasteiger partial charge < -0.3 is 14.6 Å². The lowest BCUT2D eigenvalue weighted by Gasteiger charge is -2.32. The van der Waals surface area contributed by atoms with Crippen LogP contribution in [0.25, 0.3) is 16.9 Å². The molecule has 14 heteroatoms. The van der Waals surface area contributed by atoms with Gasteiger partial charge in [0.15, 0.2) is 11.3 Å². The molecule has 0 radical (unpaired) electrons. The Labute approximate surface area is 232 Å². The smallest absolute Gasteiger partial charge is 0.294 e. The second-order valence-corrected chi connectivity index (χ2v) is 12.2. The van der Waals surface area contributed by atoms with Gasteiger partial charge in [-0.2, -0.15) is 4.31 Å². The van der Waals surface area contributed by atoms with Gasteiger partial charge in [0.05, 0.1) is 29.4 Å². The molecule has 0 spiro atoms. The van der Waals surface area contributed by atoms with E-state index in [0.717, 1.165) is 12.8 Å². The molecule has 218 valence electrons. The summed E-state index contributed by atoms with van der Waals surface area (Å²) in [5.41, 5.74) is 0.933. The van der Waals surface area contributed by atoms with Crippen LogP contribution in [-0.4, -0.2) is 63.7 Å². The minimum Gasteiger partial charge on any atom is -0.493 e. The van der Waals surface area contributed by atoms with E-state index >= 15 is 0 Å². The molecule has 1 unspecified atom stereocenters. The largest absolute Gasteiger partial charge is 0.493 e. The van der Waals surface area contributed by atoms with Gasteiger partial charge in [-0.3, -0.25) is 4.79 Å². The monoisotopic (exact) mass is 576 g/mol. The summed E-state index contributed by atoms with van der Waals surface area (Å²) in [5.74, 6) is 1.51. The number of nitrogens with one attached hydrogen (secondary N) is 1. The number of aromatic nitrogens is 4. The summed E-state index contributed by atoms with van der Waals surface area (Å²) in [6, 6.07) is 4.59. The maximum Gasteiger partial charge on any atom is 0.294 e. The predicted molar refractivity (Wildman–Crippen MR) is 147 cm³/mol. The zero-order valence-electron chi connectivity index (χ0n) is 23.3. The lowest BCUT2D eigenvalue weighted by Crippen LogP contribution is -2.38. The van der Waals surface area contributed by atoms with Gasteiger partial charge in [-0.15, -0.1) is 15.2 Å². The van der Waals surface area contributed by atoms with Crippen molar-refractivity contribution in [3.05, 3.63) is 50.2 Å². The van der Waals surface area contributed by atoms with Gasteiger partial charge in [-0.25, -0.2) is 17.9 Å². The Morgan fingerprint density at radius 1 is 1.25 bits per heavy atom. The fraction of sp³-hybridized carbons (Fsp3) is 0.577. The molecule has 0 aliphatic carbocycles. The molecule has 1 aliphatic heterocycles. The summed E-state index contributed by atoms with van der Waals surface area (Å²) in [5, 5.41) is 14.3. The van der Waals surface area contributed by atoms with E-state index in [1.165, 1.54) is 21.0 Å². The quantitative estimate of drug-likeness (QED) is 0.252. The van der Waals surface area contributed by atoms with Crippen molar-refractivity contribution >= 4 is 15.5 Å². The maximum atomic E-state index is 13.7. The fourth-order valence-corrected chi connectivity index (χ4v) is 6.73. The number of benzene rings is 1. The van der Waals surface area contributed by atoms with Crippen LogP contribution in [0.4, 0.5) is 0 Å². The molecule has 0 saturated carbocycles. The SMILES string of the molecule is CCCc1nc(C)c2c(=O)[nH]c(-c3cc(S(=O)(=O)N4CCC(CC(C)CO[N+](=O)[O-])CC4)ccc3OCC)nn12. The first kappa shape index (κ1) is 29.5. The highest BCUT2D eigenvalue weighted by Crippen LogP contribution is 2.33. The van der Waals surface area contributed by atoms with E-state index in [0.29, 0.717) is 67.3 Å². The number of rotatable bonds is 12. The number of fused-ring (bicyclic) bond motifs is 1. The van der Waals surface area contributed by atoms with Crippen LogP contribution in [0.15, 0.2) is 27.9 Å².